The number of hydrogen-bond donors (Lipinski definition) is 0. The van der Waals surface area contributed by atoms with E-state index in [9.17, 15) is 9.59 Å². The van der Waals surface area contributed by atoms with E-state index in [1.165, 1.54) is 6.42 Å². The minimum atomic E-state index is -0.353. The van der Waals surface area contributed by atoms with Gasteiger partial charge in [0.25, 0.3) is 0 Å². The minimum absolute atomic E-state index is 0.00651. The molecular formula is C21H28ClN3O3. The molecule has 1 aromatic heterocycles. The van der Waals surface area contributed by atoms with Gasteiger partial charge in [-0.25, -0.2) is 4.79 Å². The topological polar surface area (TPSA) is 58.7 Å². The molecule has 2 aliphatic heterocycles. The maximum absolute atomic E-state index is 12.9. The SMILES string of the molecule is CC1CC(C)CN(C(=O)CN2CCCC(n3c(=O)oc4ccc(Cl)cc43)C2)C1. The van der Waals surface area contributed by atoms with Crippen LogP contribution in [0, 0.1) is 11.8 Å². The molecule has 1 aromatic carbocycles. The van der Waals surface area contributed by atoms with Crippen molar-refractivity contribution in [2.24, 2.45) is 11.8 Å². The number of aromatic nitrogens is 1. The molecule has 2 saturated heterocycles. The van der Waals surface area contributed by atoms with Crippen molar-refractivity contribution in [1.29, 1.82) is 0 Å². The van der Waals surface area contributed by atoms with Crippen LogP contribution in [0.4, 0.5) is 0 Å². The van der Waals surface area contributed by atoms with E-state index in [1.54, 1.807) is 22.8 Å². The summed E-state index contributed by atoms with van der Waals surface area (Å²) in [6.45, 7) is 8.11. The summed E-state index contributed by atoms with van der Waals surface area (Å²) >= 11 is 6.13. The average Bonchev–Trinajstić information content (AvgIpc) is 2.96. The highest BCUT2D eigenvalue weighted by Crippen LogP contribution is 2.27. The first-order chi connectivity index (χ1) is 13.4. The molecule has 2 fully saturated rings. The highest BCUT2D eigenvalue weighted by molar-refractivity contribution is 6.31. The fourth-order valence-corrected chi connectivity index (χ4v) is 5.06. The molecule has 152 valence electrons. The maximum Gasteiger partial charge on any atom is 0.420 e. The van der Waals surface area contributed by atoms with Crippen molar-refractivity contribution in [2.45, 2.75) is 39.2 Å². The van der Waals surface area contributed by atoms with Crippen LogP contribution >= 0.6 is 11.6 Å². The van der Waals surface area contributed by atoms with Crippen LogP contribution in [0.3, 0.4) is 0 Å². The fraction of sp³-hybridized carbons (Fsp3) is 0.619. The van der Waals surface area contributed by atoms with E-state index in [2.05, 4.69) is 18.7 Å². The standard InChI is InChI=1S/C21H28ClN3O3/c1-14-8-15(2)11-24(10-14)20(26)13-23-7-3-4-17(12-23)25-18-9-16(22)5-6-19(18)28-21(25)27/h5-6,9,14-15,17H,3-4,7-8,10-13H2,1-2H3. The Morgan fingerprint density at radius 3 is 2.71 bits per heavy atom. The van der Waals surface area contributed by atoms with Crippen molar-refractivity contribution < 1.29 is 9.21 Å². The maximum atomic E-state index is 12.9. The number of fused-ring (bicyclic) bond motifs is 1. The smallest absolute Gasteiger partial charge is 0.408 e. The second-order valence-electron chi connectivity index (χ2n) is 8.63. The minimum Gasteiger partial charge on any atom is -0.408 e. The molecule has 2 aliphatic rings. The van der Waals surface area contributed by atoms with Gasteiger partial charge in [0.15, 0.2) is 5.58 Å². The van der Waals surface area contributed by atoms with E-state index in [0.29, 0.717) is 35.5 Å². The molecule has 3 unspecified atom stereocenters. The number of benzene rings is 1. The molecule has 2 aromatic rings. The van der Waals surface area contributed by atoms with Crippen molar-refractivity contribution >= 4 is 28.6 Å². The quantitative estimate of drug-likeness (QED) is 0.785. The summed E-state index contributed by atoms with van der Waals surface area (Å²) in [6.07, 6.45) is 3.03. The number of carbonyl (C=O) groups excluding carboxylic acids is 1. The lowest BCUT2D eigenvalue weighted by Gasteiger charge is -2.38. The summed E-state index contributed by atoms with van der Waals surface area (Å²) in [5.74, 6) is 0.963. The molecule has 28 heavy (non-hydrogen) atoms. The van der Waals surface area contributed by atoms with Crippen LogP contribution in [0.25, 0.3) is 11.1 Å². The first-order valence-electron chi connectivity index (χ1n) is 10.2. The van der Waals surface area contributed by atoms with E-state index in [-0.39, 0.29) is 17.7 Å². The van der Waals surface area contributed by atoms with Gasteiger partial charge in [-0.05, 0) is 55.8 Å². The molecule has 0 radical (unpaired) electrons. The van der Waals surface area contributed by atoms with E-state index in [1.807, 2.05) is 4.90 Å². The van der Waals surface area contributed by atoms with Crippen LogP contribution in [-0.2, 0) is 4.79 Å². The average molecular weight is 406 g/mol. The van der Waals surface area contributed by atoms with Gasteiger partial charge in [0.2, 0.25) is 5.91 Å². The van der Waals surface area contributed by atoms with E-state index < -0.39 is 0 Å². The van der Waals surface area contributed by atoms with Crippen LogP contribution in [-0.4, -0.2) is 53.0 Å². The zero-order valence-electron chi connectivity index (χ0n) is 16.6. The number of amides is 1. The second kappa shape index (κ2) is 7.91. The third-order valence-electron chi connectivity index (χ3n) is 6.00. The zero-order valence-corrected chi connectivity index (χ0v) is 17.3. The fourth-order valence-electron chi connectivity index (χ4n) is 4.90. The Kier molecular flexibility index (Phi) is 5.52. The summed E-state index contributed by atoms with van der Waals surface area (Å²) < 4.78 is 7.11. The number of piperidine rings is 2. The Hall–Kier alpha value is -1.79. The highest BCUT2D eigenvalue weighted by Gasteiger charge is 2.30. The van der Waals surface area contributed by atoms with Gasteiger partial charge in [-0.15, -0.1) is 0 Å². The molecule has 0 bridgehead atoms. The number of hydrogen-bond acceptors (Lipinski definition) is 4. The second-order valence-corrected chi connectivity index (χ2v) is 9.06. The van der Waals surface area contributed by atoms with Crippen LogP contribution in [0.5, 0.6) is 0 Å². The number of oxazole rings is 1. The Morgan fingerprint density at radius 1 is 1.21 bits per heavy atom. The van der Waals surface area contributed by atoms with E-state index in [0.717, 1.165) is 38.0 Å². The van der Waals surface area contributed by atoms with Crippen LogP contribution in [0.2, 0.25) is 5.02 Å². The molecule has 0 spiro atoms. The van der Waals surface area contributed by atoms with Crippen molar-refractivity contribution in [3.63, 3.8) is 0 Å². The normalized spacial score (nSPS) is 26.7. The molecular weight excluding hydrogens is 378 g/mol. The van der Waals surface area contributed by atoms with E-state index in [4.69, 9.17) is 16.0 Å². The summed E-state index contributed by atoms with van der Waals surface area (Å²) in [4.78, 5) is 29.5. The van der Waals surface area contributed by atoms with Crippen molar-refractivity contribution in [1.82, 2.24) is 14.4 Å². The van der Waals surface area contributed by atoms with Crippen molar-refractivity contribution in [3.8, 4) is 0 Å². The first kappa shape index (κ1) is 19.5. The van der Waals surface area contributed by atoms with Crippen LogP contribution < -0.4 is 5.76 Å². The van der Waals surface area contributed by atoms with Crippen LogP contribution in [0.15, 0.2) is 27.4 Å². The summed E-state index contributed by atoms with van der Waals surface area (Å²) in [5, 5.41) is 0.582. The molecule has 3 heterocycles. The Bertz CT molecular complexity index is 911. The Labute approximate surface area is 170 Å². The summed E-state index contributed by atoms with van der Waals surface area (Å²) in [6, 6.07) is 5.23. The molecule has 1 amide bonds. The van der Waals surface area contributed by atoms with Crippen molar-refractivity contribution in [3.05, 3.63) is 33.8 Å². The number of likely N-dealkylation sites (tertiary alicyclic amines) is 2. The van der Waals surface area contributed by atoms with Gasteiger partial charge < -0.3 is 9.32 Å². The van der Waals surface area contributed by atoms with Gasteiger partial charge in [0, 0.05) is 24.7 Å². The molecule has 3 atom stereocenters. The number of carbonyl (C=O) groups is 1. The van der Waals surface area contributed by atoms with Gasteiger partial charge in [0.05, 0.1) is 18.1 Å². The lowest BCUT2D eigenvalue weighted by atomic mass is 9.92. The number of nitrogens with zero attached hydrogens (tertiary/aromatic N) is 3. The third kappa shape index (κ3) is 3.98. The zero-order chi connectivity index (χ0) is 19.8. The third-order valence-corrected chi connectivity index (χ3v) is 6.24. The molecule has 6 nitrogen and oxygen atoms in total. The molecule has 4 rings (SSSR count). The summed E-state index contributed by atoms with van der Waals surface area (Å²) in [5.41, 5.74) is 1.29. The van der Waals surface area contributed by atoms with Gasteiger partial charge >= 0.3 is 5.76 Å². The van der Waals surface area contributed by atoms with Gasteiger partial charge in [-0.1, -0.05) is 25.4 Å². The van der Waals surface area contributed by atoms with Crippen LogP contribution in [0.1, 0.15) is 39.2 Å². The first-order valence-corrected chi connectivity index (χ1v) is 10.6. The van der Waals surface area contributed by atoms with Gasteiger partial charge in [-0.2, -0.15) is 0 Å². The van der Waals surface area contributed by atoms with Crippen molar-refractivity contribution in [2.75, 3.05) is 32.7 Å². The largest absolute Gasteiger partial charge is 0.420 e. The predicted molar refractivity (Wildman–Crippen MR) is 110 cm³/mol. The molecule has 0 N–H and O–H groups in total. The molecule has 0 saturated carbocycles. The highest BCUT2D eigenvalue weighted by atomic mass is 35.5. The number of halogens is 1. The molecule has 7 heteroatoms. The number of rotatable bonds is 3. The lowest BCUT2D eigenvalue weighted by molar-refractivity contribution is -0.135. The Morgan fingerprint density at radius 2 is 1.96 bits per heavy atom. The lowest BCUT2D eigenvalue weighted by Crippen LogP contribution is -2.49. The Balaban J connectivity index is 1.48. The monoisotopic (exact) mass is 405 g/mol. The van der Waals surface area contributed by atoms with E-state index >= 15 is 0 Å². The predicted octanol–water partition coefficient (Wildman–Crippen LogP) is 3.39. The van der Waals surface area contributed by atoms with Gasteiger partial charge in [-0.3, -0.25) is 14.3 Å². The summed E-state index contributed by atoms with van der Waals surface area (Å²) in [7, 11) is 0. The van der Waals surface area contributed by atoms with Gasteiger partial charge in [0.1, 0.15) is 0 Å². The molecule has 0 aliphatic carbocycles.